The maximum atomic E-state index is 12.2. The molecule has 2 heterocycles. The molecule has 0 unspecified atom stereocenters. The van der Waals surface area contributed by atoms with E-state index in [0.29, 0.717) is 27.0 Å². The number of ether oxygens (including phenoxy) is 1. The summed E-state index contributed by atoms with van der Waals surface area (Å²) in [5.74, 6) is 0.833. The molecule has 0 N–H and O–H groups in total. The molecule has 27 heavy (non-hydrogen) atoms. The van der Waals surface area contributed by atoms with Gasteiger partial charge in [-0.05, 0) is 42.5 Å². The number of hydrogen-bond donors (Lipinski definition) is 0. The van der Waals surface area contributed by atoms with E-state index in [-0.39, 0.29) is 18.3 Å². The van der Waals surface area contributed by atoms with E-state index in [9.17, 15) is 8.42 Å². The van der Waals surface area contributed by atoms with Crippen molar-refractivity contribution in [3.63, 3.8) is 0 Å². The zero-order chi connectivity index (χ0) is 19.2. The predicted molar refractivity (Wildman–Crippen MR) is 102 cm³/mol. The van der Waals surface area contributed by atoms with Gasteiger partial charge in [-0.3, -0.25) is 4.31 Å². The second-order valence-electron chi connectivity index (χ2n) is 5.96. The van der Waals surface area contributed by atoms with Crippen LogP contribution in [-0.2, 0) is 10.0 Å². The monoisotopic (exact) mass is 425 g/mol. The van der Waals surface area contributed by atoms with Crippen LogP contribution >= 0.6 is 23.2 Å². The van der Waals surface area contributed by atoms with Gasteiger partial charge >= 0.3 is 0 Å². The molecule has 0 saturated carbocycles. The van der Waals surface area contributed by atoms with E-state index in [1.54, 1.807) is 42.5 Å². The van der Waals surface area contributed by atoms with Crippen molar-refractivity contribution in [1.82, 2.24) is 10.2 Å². The van der Waals surface area contributed by atoms with Crippen molar-refractivity contribution < 1.29 is 17.6 Å². The highest BCUT2D eigenvalue weighted by Gasteiger charge is 2.35. The van der Waals surface area contributed by atoms with Gasteiger partial charge in [0.2, 0.25) is 15.9 Å². The van der Waals surface area contributed by atoms with Crippen LogP contribution in [0.2, 0.25) is 10.0 Å². The maximum Gasteiger partial charge on any atom is 0.259 e. The number of benzene rings is 2. The number of aromatic nitrogens is 2. The topological polar surface area (TPSA) is 85.5 Å². The SMILES string of the molecule is CS(=O)(=O)N1C[C@@H](c2nnc(-c3ccc(Cl)cc3)o2)Oc2ccc(Cl)cc21. The molecule has 1 aliphatic rings. The average Bonchev–Trinajstić information content (AvgIpc) is 3.10. The summed E-state index contributed by atoms with van der Waals surface area (Å²) < 4.78 is 37.3. The molecule has 4 rings (SSSR count). The Morgan fingerprint density at radius 3 is 2.48 bits per heavy atom. The van der Waals surface area contributed by atoms with Gasteiger partial charge in [-0.2, -0.15) is 0 Å². The van der Waals surface area contributed by atoms with Crippen molar-refractivity contribution in [3.8, 4) is 17.2 Å². The van der Waals surface area contributed by atoms with Gasteiger partial charge in [0, 0.05) is 15.6 Å². The summed E-state index contributed by atoms with van der Waals surface area (Å²) in [6.45, 7) is -0.00553. The molecule has 0 fully saturated rings. The molecule has 7 nitrogen and oxygen atoms in total. The molecule has 0 radical (unpaired) electrons. The summed E-state index contributed by atoms with van der Waals surface area (Å²) in [5.41, 5.74) is 1.07. The number of sulfonamides is 1. The van der Waals surface area contributed by atoms with Crippen molar-refractivity contribution >= 4 is 38.9 Å². The van der Waals surface area contributed by atoms with Gasteiger partial charge in [-0.15, -0.1) is 10.2 Å². The summed E-state index contributed by atoms with van der Waals surface area (Å²) in [6, 6.07) is 11.7. The lowest BCUT2D eigenvalue weighted by molar-refractivity contribution is 0.170. The number of fused-ring (bicyclic) bond motifs is 1. The zero-order valence-corrected chi connectivity index (χ0v) is 16.3. The summed E-state index contributed by atoms with van der Waals surface area (Å²) >= 11 is 11.9. The van der Waals surface area contributed by atoms with E-state index in [1.807, 2.05) is 0 Å². The van der Waals surface area contributed by atoms with Crippen LogP contribution in [0.15, 0.2) is 46.9 Å². The van der Waals surface area contributed by atoms with Crippen LogP contribution in [0.3, 0.4) is 0 Å². The Bertz CT molecular complexity index is 1100. The third kappa shape index (κ3) is 3.60. The van der Waals surface area contributed by atoms with Gasteiger partial charge in [0.05, 0.1) is 18.5 Å². The minimum atomic E-state index is -3.56. The standard InChI is InChI=1S/C17H13Cl2N3O4S/c1-27(23,24)22-9-15(25-14-7-6-12(19)8-13(14)22)17-21-20-16(26-17)10-2-4-11(18)5-3-10/h2-8,15H,9H2,1H3/t15-/m0/s1. The molecule has 2 aromatic carbocycles. The molecule has 0 aliphatic carbocycles. The molecule has 1 aliphatic heterocycles. The fourth-order valence-corrected chi connectivity index (χ4v) is 3.94. The first-order valence-corrected chi connectivity index (χ1v) is 10.4. The molecular weight excluding hydrogens is 413 g/mol. The first kappa shape index (κ1) is 18.1. The third-order valence-electron chi connectivity index (χ3n) is 4.00. The van der Waals surface area contributed by atoms with Crippen molar-refractivity contribution in [2.24, 2.45) is 0 Å². The first-order valence-electron chi connectivity index (χ1n) is 7.84. The molecule has 1 atom stereocenters. The van der Waals surface area contributed by atoms with Gasteiger partial charge in [0.25, 0.3) is 5.89 Å². The van der Waals surface area contributed by atoms with Crippen LogP contribution < -0.4 is 9.04 Å². The number of hydrogen-bond acceptors (Lipinski definition) is 6. The van der Waals surface area contributed by atoms with E-state index >= 15 is 0 Å². The second-order valence-corrected chi connectivity index (χ2v) is 8.74. The highest BCUT2D eigenvalue weighted by molar-refractivity contribution is 7.92. The number of nitrogens with zero attached hydrogens (tertiary/aromatic N) is 3. The van der Waals surface area contributed by atoms with Crippen molar-refractivity contribution in [2.75, 3.05) is 17.1 Å². The lowest BCUT2D eigenvalue weighted by atomic mass is 10.2. The van der Waals surface area contributed by atoms with Gasteiger partial charge in [-0.25, -0.2) is 8.42 Å². The molecule has 10 heteroatoms. The Morgan fingerprint density at radius 2 is 1.78 bits per heavy atom. The first-order chi connectivity index (χ1) is 12.8. The smallest absolute Gasteiger partial charge is 0.259 e. The van der Waals surface area contributed by atoms with E-state index in [2.05, 4.69) is 10.2 Å². The summed E-state index contributed by atoms with van der Waals surface area (Å²) in [6.07, 6.45) is 0.370. The minimum Gasteiger partial charge on any atom is -0.476 e. The number of rotatable bonds is 3. The van der Waals surface area contributed by atoms with Gasteiger partial charge in [0.1, 0.15) is 5.75 Å². The highest BCUT2D eigenvalue weighted by Crippen LogP contribution is 2.40. The van der Waals surface area contributed by atoms with Crippen molar-refractivity contribution in [3.05, 3.63) is 58.4 Å². The van der Waals surface area contributed by atoms with Crippen LogP contribution in [0.25, 0.3) is 11.5 Å². The summed E-state index contributed by atoms with van der Waals surface area (Å²) in [5, 5.41) is 9.04. The normalized spacial score (nSPS) is 16.7. The predicted octanol–water partition coefficient (Wildman–Crippen LogP) is 3.94. The molecule has 3 aromatic rings. The molecule has 0 bridgehead atoms. The second kappa shape index (κ2) is 6.70. The van der Waals surface area contributed by atoms with E-state index < -0.39 is 16.1 Å². The van der Waals surface area contributed by atoms with Gasteiger partial charge in [-0.1, -0.05) is 23.2 Å². The van der Waals surface area contributed by atoms with E-state index in [4.69, 9.17) is 32.4 Å². The van der Waals surface area contributed by atoms with Gasteiger partial charge < -0.3 is 9.15 Å². The highest BCUT2D eigenvalue weighted by atomic mass is 35.5. The summed E-state index contributed by atoms with van der Waals surface area (Å²) in [7, 11) is -3.56. The molecular formula is C17H13Cl2N3O4S. The number of halogens is 2. The van der Waals surface area contributed by atoms with E-state index in [0.717, 1.165) is 6.26 Å². The molecule has 0 spiro atoms. The minimum absolute atomic E-state index is 0.00553. The Hall–Kier alpha value is -2.29. The molecule has 1 aromatic heterocycles. The Morgan fingerprint density at radius 1 is 1.07 bits per heavy atom. The van der Waals surface area contributed by atoms with Crippen LogP contribution in [0.4, 0.5) is 5.69 Å². The average molecular weight is 426 g/mol. The lowest BCUT2D eigenvalue weighted by Crippen LogP contribution is -2.39. The van der Waals surface area contributed by atoms with Gasteiger partial charge in [0.15, 0.2) is 6.10 Å². The molecule has 0 amide bonds. The molecule has 140 valence electrons. The van der Waals surface area contributed by atoms with Crippen LogP contribution in [-0.4, -0.2) is 31.4 Å². The zero-order valence-electron chi connectivity index (χ0n) is 14.0. The Labute approximate surface area is 165 Å². The van der Waals surface area contributed by atoms with E-state index in [1.165, 1.54) is 4.31 Å². The molecule has 0 saturated heterocycles. The van der Waals surface area contributed by atoms with Crippen molar-refractivity contribution in [1.29, 1.82) is 0 Å². The van der Waals surface area contributed by atoms with Crippen LogP contribution in [0.1, 0.15) is 12.0 Å². The Balaban J connectivity index is 1.69. The fourth-order valence-electron chi connectivity index (χ4n) is 2.74. The lowest BCUT2D eigenvalue weighted by Gasteiger charge is -2.33. The number of anilines is 1. The Kier molecular flexibility index (Phi) is 4.49. The summed E-state index contributed by atoms with van der Waals surface area (Å²) in [4.78, 5) is 0. The maximum absolute atomic E-state index is 12.2. The third-order valence-corrected chi connectivity index (χ3v) is 5.63. The fraction of sp³-hybridized carbons (Fsp3) is 0.176. The van der Waals surface area contributed by atoms with Crippen LogP contribution in [0.5, 0.6) is 5.75 Å². The largest absolute Gasteiger partial charge is 0.476 e. The quantitative estimate of drug-likeness (QED) is 0.631. The van der Waals surface area contributed by atoms with Crippen LogP contribution in [0, 0.1) is 0 Å². The van der Waals surface area contributed by atoms with Crippen molar-refractivity contribution in [2.45, 2.75) is 6.10 Å².